The summed E-state index contributed by atoms with van der Waals surface area (Å²) in [6.45, 7) is 0.810. The molecule has 1 heterocycles. The molecule has 0 radical (unpaired) electrons. The van der Waals surface area contributed by atoms with Crippen molar-refractivity contribution in [2.24, 2.45) is 0 Å². The normalized spacial score (nSPS) is 21.8. The Hall–Kier alpha value is -1.15. The number of rotatable bonds is 7. The summed E-state index contributed by atoms with van der Waals surface area (Å²) < 4.78 is 22.8. The minimum Gasteiger partial charge on any atom is -0.481 e. The monoisotopic (exact) mass is 292 g/mol. The second-order valence-corrected chi connectivity index (χ2v) is 6.90. The predicted molar refractivity (Wildman–Crippen MR) is 69.6 cm³/mol. The largest absolute Gasteiger partial charge is 0.481 e. The number of hydrogen-bond acceptors (Lipinski definition) is 5. The molecule has 7 nitrogen and oxygen atoms in total. The smallest absolute Gasteiger partial charge is 0.303 e. The van der Waals surface area contributed by atoms with E-state index in [1.807, 2.05) is 0 Å². The van der Waals surface area contributed by atoms with Gasteiger partial charge in [-0.1, -0.05) is 0 Å². The topological polar surface area (TPSA) is 113 Å². The third-order valence-corrected chi connectivity index (χ3v) is 4.61. The van der Waals surface area contributed by atoms with Crippen molar-refractivity contribution >= 4 is 21.7 Å². The summed E-state index contributed by atoms with van der Waals surface area (Å²) in [7, 11) is -3.02. The highest BCUT2D eigenvalue weighted by Crippen LogP contribution is 2.04. The quantitative estimate of drug-likeness (QED) is 0.526. The number of sulfone groups is 1. The van der Waals surface area contributed by atoms with Crippen molar-refractivity contribution < 1.29 is 23.1 Å². The first kappa shape index (κ1) is 15.9. The molecule has 1 rings (SSSR count). The van der Waals surface area contributed by atoms with Crippen molar-refractivity contribution in [1.29, 1.82) is 0 Å². The van der Waals surface area contributed by atoms with Crippen molar-refractivity contribution in [2.45, 2.75) is 31.7 Å². The molecule has 19 heavy (non-hydrogen) atoms. The number of carbonyl (C=O) groups excluding carboxylic acids is 1. The zero-order valence-electron chi connectivity index (χ0n) is 10.7. The van der Waals surface area contributed by atoms with Crippen LogP contribution < -0.4 is 10.6 Å². The maximum absolute atomic E-state index is 11.6. The molecule has 0 aromatic carbocycles. The number of carbonyl (C=O) groups is 2. The minimum atomic E-state index is -3.02. The summed E-state index contributed by atoms with van der Waals surface area (Å²) in [6.07, 6.45) is 1.36. The summed E-state index contributed by atoms with van der Waals surface area (Å²) >= 11 is 0. The fourth-order valence-electron chi connectivity index (χ4n) is 1.92. The molecule has 3 N–H and O–H groups in total. The van der Waals surface area contributed by atoms with E-state index < -0.39 is 15.8 Å². The van der Waals surface area contributed by atoms with Gasteiger partial charge in [-0.05, 0) is 12.8 Å². The van der Waals surface area contributed by atoms with E-state index in [0.717, 1.165) is 0 Å². The first-order valence-corrected chi connectivity index (χ1v) is 8.13. The Balaban J connectivity index is 2.15. The molecule has 110 valence electrons. The van der Waals surface area contributed by atoms with Crippen LogP contribution in [0.15, 0.2) is 0 Å². The first-order valence-electron chi connectivity index (χ1n) is 6.31. The number of nitrogens with one attached hydrogen (secondary N) is 2. The molecule has 1 atom stereocenters. The second kappa shape index (κ2) is 7.44. The van der Waals surface area contributed by atoms with Crippen LogP contribution in [0.1, 0.15) is 25.7 Å². The maximum Gasteiger partial charge on any atom is 0.303 e. The molecule has 1 saturated heterocycles. The SMILES string of the molecule is O=C(O)CCCCNC(=O)CC1CS(=O)(=O)CCN1. The van der Waals surface area contributed by atoms with E-state index in [4.69, 9.17) is 5.11 Å². The van der Waals surface area contributed by atoms with Gasteiger partial charge in [-0.15, -0.1) is 0 Å². The van der Waals surface area contributed by atoms with E-state index in [0.29, 0.717) is 25.9 Å². The lowest BCUT2D eigenvalue weighted by molar-refractivity contribution is -0.137. The lowest BCUT2D eigenvalue weighted by Gasteiger charge is -2.23. The fourth-order valence-corrected chi connectivity index (χ4v) is 3.37. The maximum atomic E-state index is 11.6. The van der Waals surface area contributed by atoms with Gasteiger partial charge in [0, 0.05) is 32.0 Å². The third kappa shape index (κ3) is 7.12. The Morgan fingerprint density at radius 3 is 2.68 bits per heavy atom. The molecule has 1 amide bonds. The molecular weight excluding hydrogens is 272 g/mol. The van der Waals surface area contributed by atoms with Crippen LogP contribution in [0.3, 0.4) is 0 Å². The van der Waals surface area contributed by atoms with Gasteiger partial charge in [-0.3, -0.25) is 9.59 Å². The van der Waals surface area contributed by atoms with E-state index in [1.54, 1.807) is 0 Å². The zero-order chi connectivity index (χ0) is 14.3. The molecule has 8 heteroatoms. The average molecular weight is 292 g/mol. The fraction of sp³-hybridized carbons (Fsp3) is 0.818. The lowest BCUT2D eigenvalue weighted by atomic mass is 10.2. The number of carboxylic acid groups (broad SMARTS) is 1. The van der Waals surface area contributed by atoms with Gasteiger partial charge < -0.3 is 15.7 Å². The zero-order valence-corrected chi connectivity index (χ0v) is 11.5. The van der Waals surface area contributed by atoms with E-state index in [9.17, 15) is 18.0 Å². The molecular formula is C11H20N2O5S. The summed E-state index contributed by atoms with van der Waals surface area (Å²) in [4.78, 5) is 21.8. The van der Waals surface area contributed by atoms with E-state index in [-0.39, 0.29) is 36.3 Å². The van der Waals surface area contributed by atoms with Gasteiger partial charge in [0.15, 0.2) is 9.84 Å². The van der Waals surface area contributed by atoms with Gasteiger partial charge in [0.1, 0.15) is 0 Å². The van der Waals surface area contributed by atoms with E-state index in [2.05, 4.69) is 10.6 Å². The van der Waals surface area contributed by atoms with Crippen LogP contribution in [0.4, 0.5) is 0 Å². The van der Waals surface area contributed by atoms with Crippen LogP contribution >= 0.6 is 0 Å². The van der Waals surface area contributed by atoms with Gasteiger partial charge in [-0.2, -0.15) is 0 Å². The molecule has 0 bridgehead atoms. The first-order chi connectivity index (χ1) is 8.89. The summed E-state index contributed by atoms with van der Waals surface area (Å²) in [5.41, 5.74) is 0. The van der Waals surface area contributed by atoms with Crippen molar-refractivity contribution in [2.75, 3.05) is 24.6 Å². The molecule has 0 aromatic rings. The Morgan fingerprint density at radius 2 is 2.05 bits per heavy atom. The molecule has 1 aliphatic rings. The van der Waals surface area contributed by atoms with Gasteiger partial charge in [0.25, 0.3) is 0 Å². The highest BCUT2D eigenvalue weighted by molar-refractivity contribution is 7.91. The van der Waals surface area contributed by atoms with E-state index in [1.165, 1.54) is 0 Å². The Kier molecular flexibility index (Phi) is 6.23. The Bertz CT molecular complexity index is 421. The molecule has 1 aliphatic heterocycles. The highest BCUT2D eigenvalue weighted by atomic mass is 32.2. The van der Waals surface area contributed by atoms with E-state index >= 15 is 0 Å². The van der Waals surface area contributed by atoms with Crippen LogP contribution in [0, 0.1) is 0 Å². The number of carboxylic acids is 1. The van der Waals surface area contributed by atoms with Crippen LogP contribution in [0.2, 0.25) is 0 Å². The number of unbranched alkanes of at least 4 members (excludes halogenated alkanes) is 1. The molecule has 0 spiro atoms. The standard InChI is InChI=1S/C11H20N2O5S/c14-10(13-4-2-1-3-11(15)16)7-9-8-19(17,18)6-5-12-9/h9,12H,1-8H2,(H,13,14)(H,15,16). The lowest BCUT2D eigenvalue weighted by Crippen LogP contribution is -2.47. The van der Waals surface area contributed by atoms with Gasteiger partial charge in [-0.25, -0.2) is 8.42 Å². The molecule has 0 aliphatic carbocycles. The number of amides is 1. The highest BCUT2D eigenvalue weighted by Gasteiger charge is 2.25. The Morgan fingerprint density at radius 1 is 1.32 bits per heavy atom. The molecule has 1 fully saturated rings. The van der Waals surface area contributed by atoms with Crippen molar-refractivity contribution in [1.82, 2.24) is 10.6 Å². The minimum absolute atomic E-state index is 0.000561. The van der Waals surface area contributed by atoms with Crippen LogP contribution in [0.5, 0.6) is 0 Å². The molecule has 1 unspecified atom stereocenters. The van der Waals surface area contributed by atoms with Crippen molar-refractivity contribution in [3.63, 3.8) is 0 Å². The second-order valence-electron chi connectivity index (χ2n) is 4.67. The van der Waals surface area contributed by atoms with Crippen molar-refractivity contribution in [3.05, 3.63) is 0 Å². The van der Waals surface area contributed by atoms with Gasteiger partial charge >= 0.3 is 5.97 Å². The summed E-state index contributed by atoms with van der Waals surface area (Å²) in [6, 6.07) is -0.322. The third-order valence-electron chi connectivity index (χ3n) is 2.87. The molecule has 0 aromatic heterocycles. The van der Waals surface area contributed by atoms with Crippen LogP contribution in [-0.2, 0) is 19.4 Å². The Labute approximate surface area is 112 Å². The predicted octanol–water partition coefficient (Wildman–Crippen LogP) is -0.866. The van der Waals surface area contributed by atoms with Gasteiger partial charge in [0.2, 0.25) is 5.91 Å². The van der Waals surface area contributed by atoms with Crippen LogP contribution in [-0.4, -0.2) is 56.0 Å². The van der Waals surface area contributed by atoms with Gasteiger partial charge in [0.05, 0.1) is 11.5 Å². The molecule has 0 saturated carbocycles. The average Bonchev–Trinajstić information content (AvgIpc) is 2.26. The summed E-state index contributed by atoms with van der Waals surface area (Å²) in [5.74, 6) is -0.924. The van der Waals surface area contributed by atoms with Crippen LogP contribution in [0.25, 0.3) is 0 Å². The number of hydrogen-bond donors (Lipinski definition) is 3. The summed E-state index contributed by atoms with van der Waals surface area (Å²) in [5, 5.41) is 14.1. The van der Waals surface area contributed by atoms with Crippen molar-refractivity contribution in [3.8, 4) is 0 Å². The number of aliphatic carboxylic acids is 1.